The molecule has 100 valence electrons. The molecular weight excluding hydrogens is 222 g/mol. The van der Waals surface area contributed by atoms with Gasteiger partial charge < -0.3 is 10.1 Å². The molecule has 0 aromatic heterocycles. The largest absolute Gasteiger partial charge is 0.494 e. The van der Waals surface area contributed by atoms with Crippen molar-refractivity contribution in [2.45, 2.75) is 40.2 Å². The average molecular weight is 247 g/mol. The molecule has 0 saturated carbocycles. The van der Waals surface area contributed by atoms with Crippen LogP contribution in [0.1, 0.15) is 39.7 Å². The third-order valence-electron chi connectivity index (χ3n) is 2.94. The molecule has 0 spiro atoms. The summed E-state index contributed by atoms with van der Waals surface area (Å²) in [4.78, 5) is 0. The van der Waals surface area contributed by atoms with E-state index in [1.807, 2.05) is 12.1 Å². The lowest BCUT2D eigenvalue weighted by atomic mass is 10.1. The molecular formula is C16H25NO. The molecule has 0 bridgehead atoms. The van der Waals surface area contributed by atoms with Crippen LogP contribution < -0.4 is 10.1 Å². The third kappa shape index (κ3) is 4.92. The van der Waals surface area contributed by atoms with Crippen molar-refractivity contribution in [2.75, 3.05) is 13.2 Å². The molecule has 0 saturated heterocycles. The van der Waals surface area contributed by atoms with Gasteiger partial charge >= 0.3 is 0 Å². The normalized spacial score (nSPS) is 13.4. The Kier molecular flexibility index (Phi) is 6.51. The zero-order valence-corrected chi connectivity index (χ0v) is 12.0. The predicted molar refractivity (Wildman–Crippen MR) is 79.0 cm³/mol. The first-order chi connectivity index (χ1) is 8.67. The van der Waals surface area contributed by atoms with Crippen molar-refractivity contribution in [2.24, 2.45) is 0 Å². The van der Waals surface area contributed by atoms with Crippen molar-refractivity contribution < 1.29 is 4.74 Å². The fraction of sp³-hybridized carbons (Fsp3) is 0.500. The van der Waals surface area contributed by atoms with Gasteiger partial charge in [0.1, 0.15) is 5.75 Å². The molecule has 0 aliphatic carbocycles. The van der Waals surface area contributed by atoms with Crippen LogP contribution in [0.4, 0.5) is 0 Å². The van der Waals surface area contributed by atoms with Gasteiger partial charge in [0.15, 0.2) is 0 Å². The van der Waals surface area contributed by atoms with E-state index in [0.29, 0.717) is 6.04 Å². The number of rotatable bonds is 7. The van der Waals surface area contributed by atoms with Crippen molar-refractivity contribution in [3.8, 4) is 5.75 Å². The summed E-state index contributed by atoms with van der Waals surface area (Å²) in [7, 11) is 0. The molecule has 0 radical (unpaired) electrons. The number of hydrogen-bond donors (Lipinski definition) is 1. The standard InChI is InChI=1S/C16H25NO/c1-5-11-18-16-9-7-15(8-10-16)12-13(3)14(4)17-6-2/h7-10,12,14,17H,5-6,11H2,1-4H3/b13-12-. The van der Waals surface area contributed by atoms with Gasteiger partial charge in [-0.1, -0.05) is 37.6 Å². The van der Waals surface area contributed by atoms with Crippen LogP contribution >= 0.6 is 0 Å². The molecule has 0 heterocycles. The Morgan fingerprint density at radius 3 is 2.50 bits per heavy atom. The number of benzene rings is 1. The zero-order chi connectivity index (χ0) is 13.4. The summed E-state index contributed by atoms with van der Waals surface area (Å²) in [6.07, 6.45) is 3.26. The van der Waals surface area contributed by atoms with Crippen LogP contribution in [0.15, 0.2) is 29.8 Å². The van der Waals surface area contributed by atoms with E-state index in [4.69, 9.17) is 4.74 Å². The molecule has 2 heteroatoms. The molecule has 1 N–H and O–H groups in total. The number of nitrogens with one attached hydrogen (secondary N) is 1. The molecule has 0 aliphatic heterocycles. The highest BCUT2D eigenvalue weighted by atomic mass is 16.5. The summed E-state index contributed by atoms with van der Waals surface area (Å²) in [6.45, 7) is 10.4. The highest BCUT2D eigenvalue weighted by Crippen LogP contribution is 2.15. The Morgan fingerprint density at radius 1 is 1.28 bits per heavy atom. The fourth-order valence-corrected chi connectivity index (χ4v) is 1.74. The van der Waals surface area contributed by atoms with Gasteiger partial charge in [-0.05, 0) is 44.5 Å². The Labute approximate surface area is 111 Å². The molecule has 2 nitrogen and oxygen atoms in total. The maximum Gasteiger partial charge on any atom is 0.119 e. The lowest BCUT2D eigenvalue weighted by Gasteiger charge is -2.13. The zero-order valence-electron chi connectivity index (χ0n) is 12.0. The second kappa shape index (κ2) is 7.93. The van der Waals surface area contributed by atoms with Gasteiger partial charge in [0.2, 0.25) is 0 Å². The van der Waals surface area contributed by atoms with Crippen molar-refractivity contribution >= 4 is 6.08 Å². The summed E-state index contributed by atoms with van der Waals surface area (Å²) < 4.78 is 5.57. The minimum Gasteiger partial charge on any atom is -0.494 e. The highest BCUT2D eigenvalue weighted by molar-refractivity contribution is 5.54. The molecule has 0 amide bonds. The lowest BCUT2D eigenvalue weighted by Crippen LogP contribution is -2.26. The Morgan fingerprint density at radius 2 is 1.94 bits per heavy atom. The van der Waals surface area contributed by atoms with Gasteiger partial charge in [-0.2, -0.15) is 0 Å². The predicted octanol–water partition coefficient (Wildman–Crippen LogP) is 3.88. The summed E-state index contributed by atoms with van der Waals surface area (Å²) >= 11 is 0. The summed E-state index contributed by atoms with van der Waals surface area (Å²) in [5.41, 5.74) is 2.57. The van der Waals surface area contributed by atoms with E-state index in [-0.39, 0.29) is 0 Å². The van der Waals surface area contributed by atoms with Gasteiger partial charge in [-0.25, -0.2) is 0 Å². The number of likely N-dealkylation sites (N-methyl/N-ethyl adjacent to an activating group) is 1. The smallest absolute Gasteiger partial charge is 0.119 e. The van der Waals surface area contributed by atoms with Gasteiger partial charge in [0, 0.05) is 6.04 Å². The van der Waals surface area contributed by atoms with Crippen molar-refractivity contribution in [1.82, 2.24) is 5.32 Å². The average Bonchev–Trinajstić information content (AvgIpc) is 2.38. The Balaban J connectivity index is 2.64. The van der Waals surface area contributed by atoms with Crippen LogP contribution in [0.25, 0.3) is 6.08 Å². The second-order valence-electron chi connectivity index (χ2n) is 4.59. The van der Waals surface area contributed by atoms with Crippen LogP contribution in [0.5, 0.6) is 5.75 Å². The van der Waals surface area contributed by atoms with Gasteiger partial charge in [-0.3, -0.25) is 0 Å². The maximum atomic E-state index is 5.57. The first-order valence-corrected chi connectivity index (χ1v) is 6.81. The molecule has 0 aliphatic rings. The second-order valence-corrected chi connectivity index (χ2v) is 4.59. The molecule has 0 fully saturated rings. The van der Waals surface area contributed by atoms with Crippen LogP contribution in [-0.2, 0) is 0 Å². The third-order valence-corrected chi connectivity index (χ3v) is 2.94. The van der Waals surface area contributed by atoms with E-state index < -0.39 is 0 Å². The summed E-state index contributed by atoms with van der Waals surface area (Å²) in [5.74, 6) is 0.950. The minimum atomic E-state index is 0.422. The molecule has 1 aromatic rings. The van der Waals surface area contributed by atoms with E-state index >= 15 is 0 Å². The highest BCUT2D eigenvalue weighted by Gasteiger charge is 2.01. The monoisotopic (exact) mass is 247 g/mol. The van der Waals surface area contributed by atoms with Crippen molar-refractivity contribution in [3.05, 3.63) is 35.4 Å². The molecule has 1 atom stereocenters. The van der Waals surface area contributed by atoms with E-state index in [1.165, 1.54) is 11.1 Å². The number of ether oxygens (including phenoxy) is 1. The van der Waals surface area contributed by atoms with E-state index in [0.717, 1.165) is 25.3 Å². The summed E-state index contributed by atoms with van der Waals surface area (Å²) in [6, 6.07) is 8.70. The van der Waals surface area contributed by atoms with Crippen molar-refractivity contribution in [1.29, 1.82) is 0 Å². The molecule has 18 heavy (non-hydrogen) atoms. The van der Waals surface area contributed by atoms with Crippen molar-refractivity contribution in [3.63, 3.8) is 0 Å². The van der Waals surface area contributed by atoms with Crippen LogP contribution in [0.2, 0.25) is 0 Å². The lowest BCUT2D eigenvalue weighted by molar-refractivity contribution is 0.317. The SMILES string of the molecule is CCCOc1ccc(/C=C(/C)C(C)NCC)cc1. The van der Waals surface area contributed by atoms with E-state index in [2.05, 4.69) is 51.2 Å². The van der Waals surface area contributed by atoms with E-state index in [9.17, 15) is 0 Å². The van der Waals surface area contributed by atoms with Crippen LogP contribution in [-0.4, -0.2) is 19.2 Å². The Bertz CT molecular complexity index is 367. The first kappa shape index (κ1) is 14.8. The van der Waals surface area contributed by atoms with Gasteiger partial charge in [-0.15, -0.1) is 0 Å². The van der Waals surface area contributed by atoms with Gasteiger partial charge in [0.05, 0.1) is 6.61 Å². The van der Waals surface area contributed by atoms with Crippen LogP contribution in [0.3, 0.4) is 0 Å². The summed E-state index contributed by atoms with van der Waals surface area (Å²) in [5, 5.41) is 3.41. The fourth-order valence-electron chi connectivity index (χ4n) is 1.74. The minimum absolute atomic E-state index is 0.422. The molecule has 1 unspecified atom stereocenters. The quantitative estimate of drug-likeness (QED) is 0.789. The first-order valence-electron chi connectivity index (χ1n) is 6.81. The van der Waals surface area contributed by atoms with E-state index in [1.54, 1.807) is 0 Å². The molecule has 1 rings (SSSR count). The topological polar surface area (TPSA) is 21.3 Å². The number of hydrogen-bond acceptors (Lipinski definition) is 2. The Hall–Kier alpha value is -1.28. The maximum absolute atomic E-state index is 5.57. The van der Waals surface area contributed by atoms with Crippen LogP contribution in [0, 0.1) is 0 Å². The molecule has 1 aromatic carbocycles. The van der Waals surface area contributed by atoms with Gasteiger partial charge in [0.25, 0.3) is 0 Å².